The van der Waals surface area contributed by atoms with Crippen LogP contribution < -0.4 is 5.32 Å². The highest BCUT2D eigenvalue weighted by Crippen LogP contribution is 2.16. The van der Waals surface area contributed by atoms with Crippen LogP contribution in [-0.4, -0.2) is 63.7 Å². The Morgan fingerprint density at radius 2 is 1.79 bits per heavy atom. The number of hydrogen-bond donors (Lipinski definition) is 1. The third-order valence-electron chi connectivity index (χ3n) is 4.86. The van der Waals surface area contributed by atoms with E-state index in [4.69, 9.17) is 0 Å². The van der Waals surface area contributed by atoms with Gasteiger partial charge < -0.3 is 15.1 Å². The molecule has 7 heteroatoms. The molecule has 24 heavy (non-hydrogen) atoms. The number of hydrogen-bond acceptors (Lipinski definition) is 3. The first-order chi connectivity index (χ1) is 11.7. The summed E-state index contributed by atoms with van der Waals surface area (Å²) in [5.41, 5.74) is 0. The normalized spacial score (nSPS) is 18.8. The molecule has 0 radical (unpaired) electrons. The van der Waals surface area contributed by atoms with Crippen LogP contribution in [0.3, 0.4) is 0 Å². The predicted octanol–water partition coefficient (Wildman–Crippen LogP) is 1.46. The number of carbonyl (C=O) groups excluding carboxylic acids is 2. The van der Waals surface area contributed by atoms with Crippen molar-refractivity contribution in [1.82, 2.24) is 24.9 Å². The molecule has 0 aliphatic carbocycles. The van der Waals surface area contributed by atoms with Crippen LogP contribution in [-0.2, 0) is 11.3 Å². The summed E-state index contributed by atoms with van der Waals surface area (Å²) in [6.07, 6.45) is 8.91. The van der Waals surface area contributed by atoms with Crippen molar-refractivity contribution in [2.45, 2.75) is 51.1 Å². The van der Waals surface area contributed by atoms with Crippen molar-refractivity contribution in [2.24, 2.45) is 0 Å². The molecule has 2 aliphatic rings. The zero-order valence-corrected chi connectivity index (χ0v) is 14.2. The summed E-state index contributed by atoms with van der Waals surface area (Å²) in [5, 5.41) is 7.24. The van der Waals surface area contributed by atoms with Gasteiger partial charge in [0.25, 0.3) is 0 Å². The van der Waals surface area contributed by atoms with Gasteiger partial charge in [-0.3, -0.25) is 9.48 Å². The molecule has 2 fully saturated rings. The first-order valence-corrected chi connectivity index (χ1v) is 9.03. The van der Waals surface area contributed by atoms with Crippen molar-refractivity contribution in [3.8, 4) is 0 Å². The van der Waals surface area contributed by atoms with Gasteiger partial charge in [-0.25, -0.2) is 4.79 Å². The van der Waals surface area contributed by atoms with E-state index in [-0.39, 0.29) is 18.0 Å². The minimum absolute atomic E-state index is 0.103. The monoisotopic (exact) mass is 333 g/mol. The molecule has 3 heterocycles. The lowest BCUT2D eigenvalue weighted by Gasteiger charge is -2.34. The van der Waals surface area contributed by atoms with Gasteiger partial charge in [0.1, 0.15) is 0 Å². The number of carbonyl (C=O) groups is 2. The summed E-state index contributed by atoms with van der Waals surface area (Å²) in [5.74, 6) is 0.103. The maximum absolute atomic E-state index is 12.3. The van der Waals surface area contributed by atoms with E-state index in [1.807, 2.05) is 26.7 Å². The standard InChI is InChI=1S/C17H27N5O2/c23-16(5-3-11-22-12-4-8-18-22)19-15-6-13-21(14-7-15)17(24)20-9-1-2-10-20/h4,8,12,15H,1-3,5-7,9-11,13-14H2,(H,19,23). The van der Waals surface area contributed by atoms with Gasteiger partial charge in [-0.1, -0.05) is 0 Å². The van der Waals surface area contributed by atoms with Crippen LogP contribution in [0.25, 0.3) is 0 Å². The van der Waals surface area contributed by atoms with Crippen LogP contribution in [0.2, 0.25) is 0 Å². The zero-order valence-electron chi connectivity index (χ0n) is 14.2. The van der Waals surface area contributed by atoms with E-state index in [1.54, 1.807) is 6.20 Å². The Labute approximate surface area is 143 Å². The number of nitrogens with one attached hydrogen (secondary N) is 1. The van der Waals surface area contributed by atoms with Crippen molar-refractivity contribution in [1.29, 1.82) is 0 Å². The largest absolute Gasteiger partial charge is 0.353 e. The molecule has 3 rings (SSSR count). The van der Waals surface area contributed by atoms with Gasteiger partial charge in [0.05, 0.1) is 0 Å². The highest BCUT2D eigenvalue weighted by Gasteiger charge is 2.28. The quantitative estimate of drug-likeness (QED) is 0.887. The molecule has 1 aromatic rings. The summed E-state index contributed by atoms with van der Waals surface area (Å²) < 4.78 is 1.84. The molecule has 2 aliphatic heterocycles. The molecule has 1 aromatic heterocycles. The van der Waals surface area contributed by atoms with Crippen LogP contribution in [0.15, 0.2) is 18.5 Å². The highest BCUT2D eigenvalue weighted by atomic mass is 16.2. The molecule has 0 spiro atoms. The number of aromatic nitrogens is 2. The van der Waals surface area contributed by atoms with E-state index in [2.05, 4.69) is 10.4 Å². The maximum atomic E-state index is 12.3. The molecule has 0 atom stereocenters. The van der Waals surface area contributed by atoms with E-state index >= 15 is 0 Å². The Bertz CT molecular complexity index is 531. The SMILES string of the molecule is O=C(CCCn1cccn1)NC1CCN(C(=O)N2CCCC2)CC1. The molecule has 0 bridgehead atoms. The Kier molecular flexibility index (Phi) is 5.72. The van der Waals surface area contributed by atoms with Gasteiger partial charge in [0.2, 0.25) is 5.91 Å². The summed E-state index contributed by atoms with van der Waals surface area (Å²) >= 11 is 0. The molecule has 0 unspecified atom stereocenters. The smallest absolute Gasteiger partial charge is 0.319 e. The van der Waals surface area contributed by atoms with Gasteiger partial charge in [-0.2, -0.15) is 5.10 Å². The fraction of sp³-hybridized carbons (Fsp3) is 0.706. The van der Waals surface area contributed by atoms with Crippen LogP contribution in [0.1, 0.15) is 38.5 Å². The maximum Gasteiger partial charge on any atom is 0.319 e. The van der Waals surface area contributed by atoms with Crippen molar-refractivity contribution < 1.29 is 9.59 Å². The van der Waals surface area contributed by atoms with Gasteiger partial charge in [0.15, 0.2) is 0 Å². The second-order valence-electron chi connectivity index (χ2n) is 6.68. The van der Waals surface area contributed by atoms with E-state index < -0.39 is 0 Å². The summed E-state index contributed by atoms with van der Waals surface area (Å²) in [4.78, 5) is 28.3. The van der Waals surface area contributed by atoms with Gasteiger partial charge in [-0.15, -0.1) is 0 Å². The van der Waals surface area contributed by atoms with Crippen molar-refractivity contribution in [3.05, 3.63) is 18.5 Å². The average Bonchev–Trinajstić information content (AvgIpc) is 3.29. The van der Waals surface area contributed by atoms with Crippen LogP contribution >= 0.6 is 0 Å². The summed E-state index contributed by atoms with van der Waals surface area (Å²) in [7, 11) is 0. The number of likely N-dealkylation sites (tertiary alicyclic amines) is 2. The Morgan fingerprint density at radius 1 is 1.08 bits per heavy atom. The lowest BCUT2D eigenvalue weighted by molar-refractivity contribution is -0.122. The van der Waals surface area contributed by atoms with Gasteiger partial charge in [-0.05, 0) is 38.2 Å². The van der Waals surface area contributed by atoms with Crippen molar-refractivity contribution in [3.63, 3.8) is 0 Å². The second-order valence-corrected chi connectivity index (χ2v) is 6.68. The minimum Gasteiger partial charge on any atom is -0.353 e. The van der Waals surface area contributed by atoms with Crippen molar-refractivity contribution >= 4 is 11.9 Å². The van der Waals surface area contributed by atoms with Gasteiger partial charge in [0, 0.05) is 57.6 Å². The summed E-state index contributed by atoms with van der Waals surface area (Å²) in [6, 6.07) is 2.26. The Balaban J connectivity index is 1.32. The predicted molar refractivity (Wildman–Crippen MR) is 90.4 cm³/mol. The number of aryl methyl sites for hydroxylation is 1. The fourth-order valence-corrected chi connectivity index (χ4v) is 3.46. The third-order valence-corrected chi connectivity index (χ3v) is 4.86. The number of urea groups is 1. The van der Waals surface area contributed by atoms with Crippen LogP contribution in [0.5, 0.6) is 0 Å². The average molecular weight is 333 g/mol. The zero-order chi connectivity index (χ0) is 16.8. The molecule has 3 amide bonds. The van der Waals surface area contributed by atoms with Crippen LogP contribution in [0, 0.1) is 0 Å². The van der Waals surface area contributed by atoms with E-state index in [9.17, 15) is 9.59 Å². The van der Waals surface area contributed by atoms with E-state index in [1.165, 1.54) is 0 Å². The number of rotatable bonds is 5. The molecule has 1 N–H and O–H groups in total. The second kappa shape index (κ2) is 8.17. The molecule has 132 valence electrons. The number of nitrogens with zero attached hydrogens (tertiary/aromatic N) is 4. The van der Waals surface area contributed by atoms with Crippen LogP contribution in [0.4, 0.5) is 4.79 Å². The molecule has 0 aromatic carbocycles. The Morgan fingerprint density at radius 3 is 2.46 bits per heavy atom. The number of piperidine rings is 1. The summed E-state index contributed by atoms with van der Waals surface area (Å²) in [6.45, 7) is 4.04. The fourth-order valence-electron chi connectivity index (χ4n) is 3.46. The number of amides is 3. The molecular formula is C17H27N5O2. The highest BCUT2D eigenvalue weighted by molar-refractivity contribution is 5.76. The first kappa shape index (κ1) is 16.8. The molecule has 7 nitrogen and oxygen atoms in total. The minimum atomic E-state index is 0.103. The lowest BCUT2D eigenvalue weighted by Crippen LogP contribution is -2.50. The molecule has 2 saturated heterocycles. The Hall–Kier alpha value is -2.05. The van der Waals surface area contributed by atoms with Gasteiger partial charge >= 0.3 is 6.03 Å². The lowest BCUT2D eigenvalue weighted by atomic mass is 10.0. The van der Waals surface area contributed by atoms with Crippen molar-refractivity contribution in [2.75, 3.05) is 26.2 Å². The topological polar surface area (TPSA) is 70.5 Å². The first-order valence-electron chi connectivity index (χ1n) is 9.03. The van der Waals surface area contributed by atoms with E-state index in [0.717, 1.165) is 64.8 Å². The molecule has 0 saturated carbocycles. The molecular weight excluding hydrogens is 306 g/mol. The van der Waals surface area contributed by atoms with E-state index in [0.29, 0.717) is 6.42 Å². The third kappa shape index (κ3) is 4.49.